The third-order valence-electron chi connectivity index (χ3n) is 4.69. The summed E-state index contributed by atoms with van der Waals surface area (Å²) in [6.45, 7) is 1.55. The third kappa shape index (κ3) is 4.97. The van der Waals surface area contributed by atoms with Crippen LogP contribution in [0, 0.1) is 0 Å². The van der Waals surface area contributed by atoms with Gasteiger partial charge in [-0.25, -0.2) is 4.79 Å². The predicted octanol–water partition coefficient (Wildman–Crippen LogP) is 5.37. The molecule has 3 aromatic rings. The van der Waals surface area contributed by atoms with E-state index >= 15 is 0 Å². The van der Waals surface area contributed by atoms with Crippen LogP contribution in [0.3, 0.4) is 0 Å². The van der Waals surface area contributed by atoms with Gasteiger partial charge in [-0.2, -0.15) is 0 Å². The van der Waals surface area contributed by atoms with Crippen LogP contribution in [0.2, 0.25) is 5.02 Å². The van der Waals surface area contributed by atoms with Gasteiger partial charge in [-0.3, -0.25) is 4.79 Å². The molecule has 0 heterocycles. The van der Waals surface area contributed by atoms with E-state index in [9.17, 15) is 9.59 Å². The maximum atomic E-state index is 12.9. The second-order valence-electron chi connectivity index (χ2n) is 6.66. The van der Waals surface area contributed by atoms with E-state index in [0.29, 0.717) is 21.9 Å². The summed E-state index contributed by atoms with van der Waals surface area (Å²) in [7, 11) is 1.34. The molecular formula is C25H22ClNO3. The highest BCUT2D eigenvalue weighted by atomic mass is 35.5. The molecule has 0 radical (unpaired) electrons. The number of carbonyl (C=O) groups excluding carboxylic acids is 2. The molecule has 0 aliphatic heterocycles. The van der Waals surface area contributed by atoms with E-state index in [-0.39, 0.29) is 12.5 Å². The fourth-order valence-electron chi connectivity index (χ4n) is 3.26. The number of amides is 1. The van der Waals surface area contributed by atoms with Crippen LogP contribution in [0.1, 0.15) is 18.1 Å². The summed E-state index contributed by atoms with van der Waals surface area (Å²) in [5.41, 5.74) is 3.43. The number of carbonyl (C=O) groups is 2. The smallest absolute Gasteiger partial charge is 0.336 e. The van der Waals surface area contributed by atoms with Gasteiger partial charge in [-0.05, 0) is 35.4 Å². The van der Waals surface area contributed by atoms with Crippen LogP contribution in [-0.4, -0.2) is 25.5 Å². The standard InChI is InChI=1S/C25H22ClNO3/c1-18(28)27(22-11-7-4-8-12-22)17-23(25(29)30-2)24(19-9-5-3-6-10-19)20-13-15-21(26)16-14-20/h3-16H,17H2,1-2H3/b24-23-. The fourth-order valence-corrected chi connectivity index (χ4v) is 3.38. The fraction of sp³-hybridized carbons (Fsp3) is 0.120. The number of anilines is 1. The van der Waals surface area contributed by atoms with Gasteiger partial charge in [0.1, 0.15) is 0 Å². The van der Waals surface area contributed by atoms with Gasteiger partial charge in [-0.15, -0.1) is 0 Å². The Bertz CT molecular complexity index is 1040. The van der Waals surface area contributed by atoms with Crippen LogP contribution in [0.15, 0.2) is 90.5 Å². The van der Waals surface area contributed by atoms with Crippen molar-refractivity contribution in [2.24, 2.45) is 0 Å². The number of hydrogen-bond acceptors (Lipinski definition) is 3. The molecule has 0 N–H and O–H groups in total. The molecule has 30 heavy (non-hydrogen) atoms. The van der Waals surface area contributed by atoms with Crippen molar-refractivity contribution in [3.8, 4) is 0 Å². The highest BCUT2D eigenvalue weighted by Gasteiger charge is 2.24. The molecule has 0 unspecified atom stereocenters. The minimum atomic E-state index is -0.494. The summed E-state index contributed by atoms with van der Waals surface area (Å²) >= 11 is 6.08. The van der Waals surface area contributed by atoms with Crippen molar-refractivity contribution in [1.29, 1.82) is 0 Å². The summed E-state index contributed by atoms with van der Waals surface area (Å²) in [5, 5.41) is 0.598. The van der Waals surface area contributed by atoms with Crippen LogP contribution >= 0.6 is 11.6 Å². The van der Waals surface area contributed by atoms with Gasteiger partial charge >= 0.3 is 5.97 Å². The molecule has 0 aliphatic rings. The Morgan fingerprint density at radius 2 is 1.37 bits per heavy atom. The third-order valence-corrected chi connectivity index (χ3v) is 4.95. The van der Waals surface area contributed by atoms with E-state index in [2.05, 4.69) is 0 Å². The normalized spacial score (nSPS) is 11.4. The van der Waals surface area contributed by atoms with Crippen molar-refractivity contribution >= 4 is 34.7 Å². The first kappa shape index (κ1) is 21.3. The molecule has 0 aliphatic carbocycles. The number of rotatable bonds is 6. The number of benzene rings is 3. The van der Waals surface area contributed by atoms with Gasteiger partial charge in [0.15, 0.2) is 0 Å². The van der Waals surface area contributed by atoms with Crippen LogP contribution in [0.4, 0.5) is 5.69 Å². The van der Waals surface area contributed by atoms with Gasteiger partial charge in [-0.1, -0.05) is 72.3 Å². The lowest BCUT2D eigenvalue weighted by molar-refractivity contribution is -0.136. The Labute approximate surface area is 181 Å². The van der Waals surface area contributed by atoms with Crippen LogP contribution in [0.25, 0.3) is 5.57 Å². The first-order valence-electron chi connectivity index (χ1n) is 9.47. The number of hydrogen-bond donors (Lipinski definition) is 0. The van der Waals surface area contributed by atoms with E-state index in [0.717, 1.165) is 11.1 Å². The Balaban J connectivity index is 2.22. The lowest BCUT2D eigenvalue weighted by Crippen LogP contribution is -2.33. The van der Waals surface area contributed by atoms with Crippen molar-refractivity contribution in [3.05, 3.63) is 107 Å². The molecule has 0 spiro atoms. The van der Waals surface area contributed by atoms with Gasteiger partial charge in [0.05, 0.1) is 19.2 Å². The second-order valence-corrected chi connectivity index (χ2v) is 7.10. The SMILES string of the molecule is COC(=O)/C(CN(C(C)=O)c1ccccc1)=C(/c1ccccc1)c1ccc(Cl)cc1. The van der Waals surface area contributed by atoms with Gasteiger partial charge in [0.25, 0.3) is 0 Å². The molecule has 152 valence electrons. The summed E-state index contributed by atoms with van der Waals surface area (Å²) < 4.78 is 5.12. The van der Waals surface area contributed by atoms with E-state index in [1.807, 2.05) is 72.8 Å². The van der Waals surface area contributed by atoms with Crippen molar-refractivity contribution in [2.75, 3.05) is 18.6 Å². The lowest BCUT2D eigenvalue weighted by Gasteiger charge is -2.24. The average molecular weight is 420 g/mol. The zero-order chi connectivity index (χ0) is 21.5. The highest BCUT2D eigenvalue weighted by molar-refractivity contribution is 6.30. The van der Waals surface area contributed by atoms with Gasteiger partial charge < -0.3 is 9.64 Å². The van der Waals surface area contributed by atoms with Crippen LogP contribution < -0.4 is 4.90 Å². The van der Waals surface area contributed by atoms with Gasteiger partial charge in [0, 0.05) is 23.2 Å². The van der Waals surface area contributed by atoms with E-state index in [4.69, 9.17) is 16.3 Å². The Kier molecular flexibility index (Phi) is 7.04. The monoisotopic (exact) mass is 419 g/mol. The predicted molar refractivity (Wildman–Crippen MR) is 120 cm³/mol. The quantitative estimate of drug-likeness (QED) is 0.398. The lowest BCUT2D eigenvalue weighted by atomic mass is 9.92. The number of halogens is 1. The topological polar surface area (TPSA) is 46.6 Å². The molecule has 1 amide bonds. The molecule has 4 nitrogen and oxygen atoms in total. The van der Waals surface area contributed by atoms with E-state index in [1.54, 1.807) is 17.0 Å². The van der Waals surface area contributed by atoms with Crippen molar-refractivity contribution in [2.45, 2.75) is 6.92 Å². The summed E-state index contributed by atoms with van der Waals surface area (Å²) in [6.07, 6.45) is 0. The Morgan fingerprint density at radius 3 is 1.90 bits per heavy atom. The average Bonchev–Trinajstić information content (AvgIpc) is 2.78. The summed E-state index contributed by atoms with van der Waals surface area (Å²) in [4.78, 5) is 26.9. The zero-order valence-electron chi connectivity index (χ0n) is 16.8. The maximum absolute atomic E-state index is 12.9. The van der Waals surface area contributed by atoms with Gasteiger partial charge in [0.2, 0.25) is 5.91 Å². The molecule has 0 fully saturated rings. The first-order valence-corrected chi connectivity index (χ1v) is 9.85. The zero-order valence-corrected chi connectivity index (χ0v) is 17.6. The van der Waals surface area contributed by atoms with Crippen LogP contribution in [0.5, 0.6) is 0 Å². The van der Waals surface area contributed by atoms with E-state index < -0.39 is 5.97 Å². The summed E-state index contributed by atoms with van der Waals surface area (Å²) in [6, 6.07) is 26.1. The molecule has 3 rings (SSSR count). The highest BCUT2D eigenvalue weighted by Crippen LogP contribution is 2.30. The molecule has 0 saturated carbocycles. The molecule has 5 heteroatoms. The Hall–Kier alpha value is -3.37. The molecule has 0 bridgehead atoms. The largest absolute Gasteiger partial charge is 0.466 e. The minimum absolute atomic E-state index is 0.0683. The van der Waals surface area contributed by atoms with Crippen LogP contribution in [-0.2, 0) is 14.3 Å². The molecule has 3 aromatic carbocycles. The first-order chi connectivity index (χ1) is 14.5. The molecular weight excluding hydrogens is 398 g/mol. The van der Waals surface area contributed by atoms with Crippen molar-refractivity contribution in [3.63, 3.8) is 0 Å². The molecule has 0 atom stereocenters. The number of ether oxygens (including phenoxy) is 1. The molecule has 0 saturated heterocycles. The maximum Gasteiger partial charge on any atom is 0.336 e. The summed E-state index contributed by atoms with van der Waals surface area (Å²) in [5.74, 6) is -0.669. The van der Waals surface area contributed by atoms with Crippen molar-refractivity contribution < 1.29 is 14.3 Å². The number of esters is 1. The number of para-hydroxylation sites is 1. The van der Waals surface area contributed by atoms with E-state index in [1.165, 1.54) is 14.0 Å². The second kappa shape index (κ2) is 9.90. The minimum Gasteiger partial charge on any atom is -0.466 e. The van der Waals surface area contributed by atoms with Crippen molar-refractivity contribution in [1.82, 2.24) is 0 Å². The Morgan fingerprint density at radius 1 is 0.833 bits per heavy atom. The number of methoxy groups -OCH3 is 1. The molecule has 0 aromatic heterocycles. The number of nitrogens with zero attached hydrogens (tertiary/aromatic N) is 1.